The van der Waals surface area contributed by atoms with E-state index in [-0.39, 0.29) is 0 Å². The van der Waals surface area contributed by atoms with Crippen LogP contribution >= 0.6 is 0 Å². The Morgan fingerprint density at radius 1 is 0.667 bits per heavy atom. The Kier molecular flexibility index (Phi) is 5.48. The minimum Gasteiger partial charge on any atom is -0.507 e. The Morgan fingerprint density at radius 2 is 1.26 bits per heavy atom. The van der Waals surface area contributed by atoms with Crippen LogP contribution in [0.25, 0.3) is 38.4 Å². The zero-order valence-electron chi connectivity index (χ0n) is 23.7. The maximum Gasteiger partial charge on any atom is 0.124 e. The van der Waals surface area contributed by atoms with E-state index in [2.05, 4.69) is 83.4 Å². The highest BCUT2D eigenvalue weighted by atomic mass is 16.5. The second-order valence-corrected chi connectivity index (χ2v) is 11.4. The lowest BCUT2D eigenvalue weighted by Crippen LogP contribution is -2.32. The van der Waals surface area contributed by atoms with Gasteiger partial charge in [-0.2, -0.15) is 0 Å². The lowest BCUT2D eigenvalue weighted by molar-refractivity contribution is 0.413. The van der Waals surface area contributed by atoms with E-state index in [1.165, 1.54) is 11.3 Å². The summed E-state index contributed by atoms with van der Waals surface area (Å²) in [6.45, 7) is 0. The summed E-state index contributed by atoms with van der Waals surface area (Å²) >= 11 is 0. The maximum atomic E-state index is 11.5. The molecular formula is C38H31NO3. The lowest BCUT2D eigenvalue weighted by atomic mass is 9.81. The summed E-state index contributed by atoms with van der Waals surface area (Å²) in [5, 5.41) is 14.8. The number of ether oxygens (including phenoxy) is 2. The van der Waals surface area contributed by atoms with Crippen molar-refractivity contribution in [3.63, 3.8) is 0 Å². The molecule has 0 unspecified atom stereocenters. The van der Waals surface area contributed by atoms with Crippen molar-refractivity contribution in [3.05, 3.63) is 132 Å². The van der Waals surface area contributed by atoms with Gasteiger partial charge in [0.2, 0.25) is 0 Å². The first-order chi connectivity index (χ1) is 20.6. The number of hydrogen-bond acceptors (Lipinski definition) is 3. The number of fused-ring (bicyclic) bond motifs is 4. The fraction of sp³-hybridized carbons (Fsp3) is 0.158. The molecule has 0 radical (unpaired) electrons. The highest BCUT2D eigenvalue weighted by molar-refractivity contribution is 6.12. The Labute approximate surface area is 245 Å². The minimum atomic E-state index is -0.607. The standard InChI is InChI=1S/C38H31NO3/c1-41-28-18-14-26(15-19-28)38(27-16-20-29(42-2)21-17-27)23-32(25-11-12-25)37-36(31-9-5-6-10-33(31)39(37)38)35-30-8-4-3-7-24(30)13-22-34(35)40/h3-10,13-23,25,40H,11-12H2,1-2H3. The molecule has 1 aliphatic carbocycles. The van der Waals surface area contributed by atoms with E-state index in [1.807, 2.05) is 36.4 Å². The van der Waals surface area contributed by atoms with Gasteiger partial charge in [-0.05, 0) is 88.7 Å². The molecule has 4 nitrogen and oxygen atoms in total. The van der Waals surface area contributed by atoms with E-state index in [9.17, 15) is 5.11 Å². The molecule has 2 heterocycles. The van der Waals surface area contributed by atoms with Crippen molar-refractivity contribution in [2.45, 2.75) is 18.4 Å². The van der Waals surface area contributed by atoms with Crippen LogP contribution in [0.5, 0.6) is 17.2 Å². The minimum absolute atomic E-state index is 0.300. The molecule has 0 saturated heterocycles. The number of para-hydroxylation sites is 1. The average molecular weight is 550 g/mol. The summed E-state index contributed by atoms with van der Waals surface area (Å²) in [5.74, 6) is 2.43. The number of rotatable bonds is 6. The van der Waals surface area contributed by atoms with E-state index in [0.717, 1.165) is 68.3 Å². The molecule has 0 atom stereocenters. The number of allylic oxidation sites excluding steroid dienone is 2. The highest BCUT2D eigenvalue weighted by Gasteiger charge is 2.47. The van der Waals surface area contributed by atoms with Crippen LogP contribution in [0.2, 0.25) is 0 Å². The molecule has 1 fully saturated rings. The van der Waals surface area contributed by atoms with Gasteiger partial charge in [0.05, 0.1) is 25.4 Å². The van der Waals surface area contributed by atoms with Crippen molar-refractivity contribution in [2.24, 2.45) is 5.92 Å². The largest absolute Gasteiger partial charge is 0.507 e. The number of aromatic hydroxyl groups is 1. The van der Waals surface area contributed by atoms with Gasteiger partial charge in [0.1, 0.15) is 22.8 Å². The molecule has 1 saturated carbocycles. The zero-order chi connectivity index (χ0) is 28.4. The van der Waals surface area contributed by atoms with E-state index in [1.54, 1.807) is 14.2 Å². The fourth-order valence-corrected chi connectivity index (χ4v) is 7.00. The van der Waals surface area contributed by atoms with Gasteiger partial charge in [0.25, 0.3) is 0 Å². The summed E-state index contributed by atoms with van der Waals surface area (Å²) < 4.78 is 13.6. The molecule has 5 aromatic carbocycles. The summed E-state index contributed by atoms with van der Waals surface area (Å²) in [7, 11) is 3.41. The Bertz CT molecular complexity index is 1960. The number of phenols is 1. The van der Waals surface area contributed by atoms with E-state index < -0.39 is 5.54 Å². The van der Waals surface area contributed by atoms with Crippen LogP contribution < -0.4 is 9.47 Å². The second kappa shape index (κ2) is 9.28. The van der Waals surface area contributed by atoms with Crippen LogP contribution in [-0.2, 0) is 5.54 Å². The number of methoxy groups -OCH3 is 2. The van der Waals surface area contributed by atoms with Gasteiger partial charge in [0.15, 0.2) is 0 Å². The topological polar surface area (TPSA) is 43.6 Å². The summed E-state index contributed by atoms with van der Waals surface area (Å²) in [6, 6.07) is 37.8. The highest BCUT2D eigenvalue weighted by Crippen LogP contribution is 2.58. The van der Waals surface area contributed by atoms with Gasteiger partial charge in [-0.3, -0.25) is 0 Å². The summed E-state index contributed by atoms with van der Waals surface area (Å²) in [6.07, 6.45) is 4.81. The third-order valence-electron chi connectivity index (χ3n) is 9.10. The predicted octanol–water partition coefficient (Wildman–Crippen LogP) is 8.78. The average Bonchev–Trinajstić information content (AvgIpc) is 3.76. The van der Waals surface area contributed by atoms with Crippen molar-refractivity contribution < 1.29 is 14.6 Å². The number of phenolic OH excluding ortho intramolecular Hbond substituents is 1. The van der Waals surface area contributed by atoms with Gasteiger partial charge in [-0.25, -0.2) is 0 Å². The third kappa shape index (κ3) is 3.48. The quantitative estimate of drug-likeness (QED) is 0.226. The predicted molar refractivity (Wildman–Crippen MR) is 169 cm³/mol. The van der Waals surface area contributed by atoms with Gasteiger partial charge in [-0.15, -0.1) is 0 Å². The van der Waals surface area contributed by atoms with Crippen molar-refractivity contribution in [1.29, 1.82) is 0 Å². The van der Waals surface area contributed by atoms with Crippen LogP contribution in [0.15, 0.2) is 115 Å². The number of aromatic nitrogens is 1. The molecule has 6 aromatic rings. The third-order valence-corrected chi connectivity index (χ3v) is 9.10. The number of hydrogen-bond donors (Lipinski definition) is 1. The van der Waals surface area contributed by atoms with Gasteiger partial charge < -0.3 is 19.1 Å². The smallest absolute Gasteiger partial charge is 0.124 e. The molecule has 1 aromatic heterocycles. The molecule has 42 heavy (non-hydrogen) atoms. The molecule has 0 amide bonds. The van der Waals surface area contributed by atoms with Gasteiger partial charge >= 0.3 is 0 Å². The van der Waals surface area contributed by atoms with Crippen molar-refractivity contribution in [3.8, 4) is 28.4 Å². The first-order valence-corrected chi connectivity index (χ1v) is 14.5. The normalized spacial score (nSPS) is 15.5. The van der Waals surface area contributed by atoms with Crippen molar-refractivity contribution >= 4 is 27.2 Å². The molecule has 0 bridgehead atoms. The lowest BCUT2D eigenvalue weighted by Gasteiger charge is -2.33. The SMILES string of the molecule is COc1ccc(C2(c3ccc(OC)cc3)C=C(C3CC3)c3c(-c4c(O)ccc5ccccc45)c4ccccc4n32)cc1. The summed E-state index contributed by atoms with van der Waals surface area (Å²) in [4.78, 5) is 0. The van der Waals surface area contributed by atoms with Crippen molar-refractivity contribution in [1.82, 2.24) is 4.57 Å². The van der Waals surface area contributed by atoms with Crippen LogP contribution in [-0.4, -0.2) is 23.9 Å². The zero-order valence-corrected chi connectivity index (χ0v) is 23.7. The fourth-order valence-electron chi connectivity index (χ4n) is 7.00. The number of benzene rings is 5. The maximum absolute atomic E-state index is 11.5. The molecule has 0 spiro atoms. The molecule has 1 aliphatic heterocycles. The van der Waals surface area contributed by atoms with Gasteiger partial charge in [-0.1, -0.05) is 72.8 Å². The molecule has 8 rings (SSSR count). The molecule has 4 heteroatoms. The molecule has 2 aliphatic rings. The Hall–Kier alpha value is -4.96. The molecule has 206 valence electrons. The van der Waals surface area contributed by atoms with Crippen LogP contribution in [0, 0.1) is 5.92 Å². The Balaban J connectivity index is 1.54. The van der Waals surface area contributed by atoms with E-state index in [0.29, 0.717) is 11.7 Å². The summed E-state index contributed by atoms with van der Waals surface area (Å²) in [5.41, 5.74) is 7.36. The molecular weight excluding hydrogens is 518 g/mol. The molecule has 1 N–H and O–H groups in total. The first-order valence-electron chi connectivity index (χ1n) is 14.5. The number of nitrogens with zero attached hydrogens (tertiary/aromatic N) is 1. The Morgan fingerprint density at radius 3 is 1.88 bits per heavy atom. The van der Waals surface area contributed by atoms with Crippen LogP contribution in [0.1, 0.15) is 29.7 Å². The van der Waals surface area contributed by atoms with Crippen LogP contribution in [0.4, 0.5) is 0 Å². The monoisotopic (exact) mass is 549 g/mol. The first kappa shape index (κ1) is 24.8. The van der Waals surface area contributed by atoms with Crippen molar-refractivity contribution in [2.75, 3.05) is 14.2 Å². The van der Waals surface area contributed by atoms with Gasteiger partial charge in [0, 0.05) is 16.5 Å². The van der Waals surface area contributed by atoms with Crippen LogP contribution in [0.3, 0.4) is 0 Å². The van der Waals surface area contributed by atoms with E-state index >= 15 is 0 Å². The van der Waals surface area contributed by atoms with E-state index in [4.69, 9.17) is 9.47 Å². The second-order valence-electron chi connectivity index (χ2n) is 11.4.